The molecule has 2 heterocycles. The van der Waals surface area contributed by atoms with Crippen molar-refractivity contribution in [3.8, 4) is 0 Å². The van der Waals surface area contributed by atoms with Crippen LogP contribution in [0.1, 0.15) is 11.3 Å². The SMILES string of the molecule is CN(Cc1cccs1)S(=O)(=O)c1cnn(CCCO)c1. The molecule has 1 N–H and O–H groups in total. The van der Waals surface area contributed by atoms with Crippen molar-refractivity contribution in [3.63, 3.8) is 0 Å². The van der Waals surface area contributed by atoms with Crippen LogP contribution in [0.4, 0.5) is 0 Å². The number of aliphatic hydroxyl groups excluding tert-OH is 1. The molecule has 110 valence electrons. The quantitative estimate of drug-likeness (QED) is 0.831. The lowest BCUT2D eigenvalue weighted by atomic mass is 10.5. The second-order valence-corrected chi connectivity index (χ2v) is 7.43. The molecule has 2 aromatic rings. The lowest BCUT2D eigenvalue weighted by Gasteiger charge is -2.14. The summed E-state index contributed by atoms with van der Waals surface area (Å²) in [6, 6.07) is 3.80. The van der Waals surface area contributed by atoms with E-state index in [4.69, 9.17) is 5.11 Å². The van der Waals surface area contributed by atoms with E-state index in [1.165, 1.54) is 32.7 Å². The maximum Gasteiger partial charge on any atom is 0.246 e. The summed E-state index contributed by atoms with van der Waals surface area (Å²) in [4.78, 5) is 1.17. The molecule has 0 bridgehead atoms. The maximum atomic E-state index is 12.4. The van der Waals surface area contributed by atoms with Gasteiger partial charge in [-0.25, -0.2) is 8.42 Å². The highest BCUT2D eigenvalue weighted by Crippen LogP contribution is 2.18. The van der Waals surface area contributed by atoms with Gasteiger partial charge in [0.1, 0.15) is 4.90 Å². The molecule has 0 aliphatic rings. The minimum absolute atomic E-state index is 0.0558. The standard InChI is InChI=1S/C12H17N3O3S2/c1-14(9-11-4-2-7-19-11)20(17,18)12-8-13-15(10-12)5-3-6-16/h2,4,7-8,10,16H,3,5-6,9H2,1H3. The number of aromatic nitrogens is 2. The summed E-state index contributed by atoms with van der Waals surface area (Å²) < 4.78 is 27.6. The molecule has 0 atom stereocenters. The van der Waals surface area contributed by atoms with Crippen molar-refractivity contribution in [2.24, 2.45) is 0 Å². The fourth-order valence-electron chi connectivity index (χ4n) is 1.72. The van der Waals surface area contributed by atoms with Crippen LogP contribution < -0.4 is 0 Å². The van der Waals surface area contributed by atoms with Gasteiger partial charge in [0.05, 0.1) is 6.20 Å². The molecular formula is C12H17N3O3S2. The van der Waals surface area contributed by atoms with Gasteiger partial charge in [0.25, 0.3) is 0 Å². The van der Waals surface area contributed by atoms with E-state index in [0.29, 0.717) is 19.5 Å². The van der Waals surface area contributed by atoms with Crippen LogP contribution >= 0.6 is 11.3 Å². The summed E-state index contributed by atoms with van der Waals surface area (Å²) >= 11 is 1.52. The third-order valence-corrected chi connectivity index (χ3v) is 5.44. The summed E-state index contributed by atoms with van der Waals surface area (Å²) in [7, 11) is -1.97. The first-order valence-electron chi connectivity index (χ1n) is 6.16. The summed E-state index contributed by atoms with van der Waals surface area (Å²) in [5.41, 5.74) is 0. The third-order valence-electron chi connectivity index (χ3n) is 2.82. The lowest BCUT2D eigenvalue weighted by Crippen LogP contribution is -2.25. The van der Waals surface area contributed by atoms with Crippen molar-refractivity contribution >= 4 is 21.4 Å². The molecule has 0 saturated heterocycles. The monoisotopic (exact) mass is 315 g/mol. The van der Waals surface area contributed by atoms with Crippen LogP contribution in [0.3, 0.4) is 0 Å². The highest BCUT2D eigenvalue weighted by molar-refractivity contribution is 7.89. The normalized spacial score (nSPS) is 12.2. The highest BCUT2D eigenvalue weighted by atomic mass is 32.2. The van der Waals surface area contributed by atoms with Gasteiger partial charge in [-0.05, 0) is 17.9 Å². The zero-order valence-electron chi connectivity index (χ0n) is 11.1. The number of nitrogens with zero attached hydrogens (tertiary/aromatic N) is 3. The summed E-state index contributed by atoms with van der Waals surface area (Å²) in [6.45, 7) is 0.905. The molecule has 2 rings (SSSR count). The Kier molecular flexibility index (Phi) is 4.92. The second kappa shape index (κ2) is 6.49. The third kappa shape index (κ3) is 3.45. The fraction of sp³-hybridized carbons (Fsp3) is 0.417. The van der Waals surface area contributed by atoms with Gasteiger partial charge < -0.3 is 5.11 Å². The Balaban J connectivity index is 2.10. The van der Waals surface area contributed by atoms with E-state index in [9.17, 15) is 8.42 Å². The smallest absolute Gasteiger partial charge is 0.246 e. The van der Waals surface area contributed by atoms with Crippen LogP contribution in [0, 0.1) is 0 Å². The summed E-state index contributed by atoms with van der Waals surface area (Å²) in [5, 5.41) is 14.7. The Morgan fingerprint density at radius 1 is 1.50 bits per heavy atom. The van der Waals surface area contributed by atoms with Crippen LogP contribution in [0.25, 0.3) is 0 Å². The number of aryl methyl sites for hydroxylation is 1. The second-order valence-electron chi connectivity index (χ2n) is 4.36. The minimum Gasteiger partial charge on any atom is -0.396 e. The van der Waals surface area contributed by atoms with Gasteiger partial charge in [-0.2, -0.15) is 9.40 Å². The zero-order chi connectivity index (χ0) is 14.6. The zero-order valence-corrected chi connectivity index (χ0v) is 12.8. The molecule has 6 nitrogen and oxygen atoms in total. The van der Waals surface area contributed by atoms with Crippen LogP contribution in [0.2, 0.25) is 0 Å². The summed E-state index contributed by atoms with van der Waals surface area (Å²) in [5.74, 6) is 0. The topological polar surface area (TPSA) is 75.4 Å². The summed E-state index contributed by atoms with van der Waals surface area (Å²) in [6.07, 6.45) is 3.39. The largest absolute Gasteiger partial charge is 0.396 e. The molecule has 20 heavy (non-hydrogen) atoms. The maximum absolute atomic E-state index is 12.4. The molecular weight excluding hydrogens is 298 g/mol. The molecule has 0 spiro atoms. The minimum atomic E-state index is -3.53. The number of sulfonamides is 1. The Bertz CT molecular complexity index is 635. The fourth-order valence-corrected chi connectivity index (χ4v) is 3.66. The molecule has 2 aromatic heterocycles. The molecule has 0 fully saturated rings. The van der Waals surface area contributed by atoms with E-state index in [1.54, 1.807) is 7.05 Å². The molecule has 0 aromatic carbocycles. The van der Waals surface area contributed by atoms with E-state index >= 15 is 0 Å². The average molecular weight is 315 g/mol. The number of rotatable bonds is 7. The van der Waals surface area contributed by atoms with Crippen LogP contribution in [-0.2, 0) is 23.1 Å². The molecule has 0 aliphatic heterocycles. The van der Waals surface area contributed by atoms with E-state index in [0.717, 1.165) is 4.88 Å². The van der Waals surface area contributed by atoms with E-state index < -0.39 is 10.0 Å². The van der Waals surface area contributed by atoms with Crippen molar-refractivity contribution in [3.05, 3.63) is 34.8 Å². The van der Waals surface area contributed by atoms with Gasteiger partial charge >= 0.3 is 0 Å². The van der Waals surface area contributed by atoms with Gasteiger partial charge in [0, 0.05) is 37.8 Å². The molecule has 0 saturated carbocycles. The van der Waals surface area contributed by atoms with Crippen molar-refractivity contribution in [2.75, 3.05) is 13.7 Å². The van der Waals surface area contributed by atoms with Gasteiger partial charge in [0.2, 0.25) is 10.0 Å². The van der Waals surface area contributed by atoms with Gasteiger partial charge in [-0.3, -0.25) is 4.68 Å². The van der Waals surface area contributed by atoms with Crippen molar-refractivity contribution in [2.45, 2.75) is 24.4 Å². The number of thiophene rings is 1. The highest BCUT2D eigenvalue weighted by Gasteiger charge is 2.22. The molecule has 0 aliphatic carbocycles. The van der Waals surface area contributed by atoms with Crippen molar-refractivity contribution in [1.29, 1.82) is 0 Å². The van der Waals surface area contributed by atoms with Crippen molar-refractivity contribution < 1.29 is 13.5 Å². The Morgan fingerprint density at radius 3 is 2.95 bits per heavy atom. The number of hydrogen-bond acceptors (Lipinski definition) is 5. The van der Waals surface area contributed by atoms with Gasteiger partial charge in [-0.15, -0.1) is 11.3 Å². The molecule has 8 heteroatoms. The molecule has 0 unspecified atom stereocenters. The Hall–Kier alpha value is -1.22. The molecule has 0 radical (unpaired) electrons. The predicted octanol–water partition coefficient (Wildman–Crippen LogP) is 1.15. The van der Waals surface area contributed by atoms with E-state index in [1.807, 2.05) is 17.5 Å². The van der Waals surface area contributed by atoms with Crippen LogP contribution in [-0.4, -0.2) is 41.3 Å². The number of aliphatic hydroxyl groups is 1. The Morgan fingerprint density at radius 2 is 2.30 bits per heavy atom. The average Bonchev–Trinajstić information content (AvgIpc) is 3.07. The van der Waals surface area contributed by atoms with Gasteiger partial charge in [0.15, 0.2) is 0 Å². The van der Waals surface area contributed by atoms with Crippen molar-refractivity contribution in [1.82, 2.24) is 14.1 Å². The van der Waals surface area contributed by atoms with Gasteiger partial charge in [-0.1, -0.05) is 6.07 Å². The first-order valence-corrected chi connectivity index (χ1v) is 8.48. The Labute approximate surface area is 122 Å². The first kappa shape index (κ1) is 15.2. The number of hydrogen-bond donors (Lipinski definition) is 1. The van der Waals surface area contributed by atoms with E-state index in [2.05, 4.69) is 5.10 Å². The first-order chi connectivity index (χ1) is 9.54. The predicted molar refractivity (Wildman–Crippen MR) is 76.9 cm³/mol. The van der Waals surface area contributed by atoms with E-state index in [-0.39, 0.29) is 11.5 Å². The van der Waals surface area contributed by atoms with Crippen LogP contribution in [0.15, 0.2) is 34.8 Å². The van der Waals surface area contributed by atoms with Crippen LogP contribution in [0.5, 0.6) is 0 Å². The lowest BCUT2D eigenvalue weighted by molar-refractivity contribution is 0.277. The molecule has 0 amide bonds.